The summed E-state index contributed by atoms with van der Waals surface area (Å²) < 4.78 is 5.73. The third-order valence-corrected chi connectivity index (χ3v) is 3.38. The van der Waals surface area contributed by atoms with E-state index in [1.165, 1.54) is 6.07 Å². The van der Waals surface area contributed by atoms with E-state index >= 15 is 0 Å². The van der Waals surface area contributed by atoms with Crippen molar-refractivity contribution in [2.45, 2.75) is 18.9 Å². The minimum atomic E-state index is -0.489. The van der Waals surface area contributed by atoms with Gasteiger partial charge in [-0.3, -0.25) is 10.1 Å². The summed E-state index contributed by atoms with van der Waals surface area (Å²) in [7, 11) is 0. The lowest BCUT2D eigenvalue weighted by atomic mass is 10.1. The molecule has 1 aliphatic heterocycles. The Kier molecular flexibility index (Phi) is 5.49. The molecule has 2 N–H and O–H groups in total. The third-order valence-electron chi connectivity index (χ3n) is 3.38. The van der Waals surface area contributed by atoms with Gasteiger partial charge in [0.2, 0.25) is 0 Å². The quantitative estimate of drug-likeness (QED) is 0.469. The maximum absolute atomic E-state index is 11.0. The monoisotopic (exact) mass is 290 g/mol. The molecule has 1 aromatic rings. The average Bonchev–Trinajstić information content (AvgIpc) is 2.52. The summed E-state index contributed by atoms with van der Waals surface area (Å²) in [4.78, 5) is 10.5. The molecule has 0 saturated carbocycles. The molecule has 0 spiro atoms. The van der Waals surface area contributed by atoms with Crippen LogP contribution in [0, 0.1) is 21.4 Å². The number of nitriles is 1. The predicted octanol–water partition coefficient (Wildman–Crippen LogP) is 1.65. The van der Waals surface area contributed by atoms with E-state index < -0.39 is 4.92 Å². The molecular weight excluding hydrogens is 272 g/mol. The van der Waals surface area contributed by atoms with E-state index in [9.17, 15) is 10.1 Å². The zero-order valence-corrected chi connectivity index (χ0v) is 11.7. The first-order valence-corrected chi connectivity index (χ1v) is 6.95. The maximum atomic E-state index is 11.0. The minimum absolute atomic E-state index is 0.0871. The summed E-state index contributed by atoms with van der Waals surface area (Å²) in [5, 5.41) is 26.0. The standard InChI is InChI=1S/C14H18N4O3/c15-10-11-1-2-13(14(9-11)18(19)20)17-7-8-21-12-3-5-16-6-4-12/h1-2,9,12,16-17H,3-8H2. The van der Waals surface area contributed by atoms with E-state index in [1.807, 2.05) is 6.07 Å². The van der Waals surface area contributed by atoms with Gasteiger partial charge in [-0.15, -0.1) is 0 Å². The van der Waals surface area contributed by atoms with E-state index in [0.29, 0.717) is 18.8 Å². The fourth-order valence-corrected chi connectivity index (χ4v) is 2.28. The summed E-state index contributed by atoms with van der Waals surface area (Å²) in [6.07, 6.45) is 2.26. The number of hydrogen-bond acceptors (Lipinski definition) is 6. The van der Waals surface area contributed by atoms with Crippen LogP contribution < -0.4 is 10.6 Å². The first-order valence-electron chi connectivity index (χ1n) is 6.95. The van der Waals surface area contributed by atoms with Crippen molar-refractivity contribution in [2.24, 2.45) is 0 Å². The molecule has 1 saturated heterocycles. The zero-order chi connectivity index (χ0) is 15.1. The Morgan fingerprint density at radius 2 is 2.24 bits per heavy atom. The second-order valence-electron chi connectivity index (χ2n) is 4.85. The Hall–Kier alpha value is -2.17. The predicted molar refractivity (Wildman–Crippen MR) is 78.1 cm³/mol. The van der Waals surface area contributed by atoms with Crippen molar-refractivity contribution in [1.29, 1.82) is 5.26 Å². The molecule has 0 aliphatic carbocycles. The van der Waals surface area contributed by atoms with E-state index in [4.69, 9.17) is 10.00 Å². The number of nitro benzene ring substituents is 1. The van der Waals surface area contributed by atoms with Gasteiger partial charge in [-0.1, -0.05) is 0 Å². The lowest BCUT2D eigenvalue weighted by Crippen LogP contribution is -2.33. The molecule has 0 unspecified atom stereocenters. The Labute approximate surface area is 123 Å². The Bertz CT molecular complexity index is 536. The first kappa shape index (κ1) is 15.2. The molecule has 112 valence electrons. The van der Waals surface area contributed by atoms with E-state index in [2.05, 4.69) is 10.6 Å². The normalized spacial score (nSPS) is 15.4. The second kappa shape index (κ2) is 7.57. The topological polar surface area (TPSA) is 100 Å². The van der Waals surface area contributed by atoms with Crippen LogP contribution in [-0.4, -0.2) is 37.3 Å². The van der Waals surface area contributed by atoms with Crippen molar-refractivity contribution in [3.05, 3.63) is 33.9 Å². The molecule has 1 fully saturated rings. The van der Waals surface area contributed by atoms with Crippen LogP contribution in [0.5, 0.6) is 0 Å². The van der Waals surface area contributed by atoms with Gasteiger partial charge >= 0.3 is 0 Å². The zero-order valence-electron chi connectivity index (χ0n) is 11.7. The number of nitro groups is 1. The van der Waals surface area contributed by atoms with Gasteiger partial charge in [-0.05, 0) is 38.1 Å². The van der Waals surface area contributed by atoms with Crippen LogP contribution in [0.1, 0.15) is 18.4 Å². The van der Waals surface area contributed by atoms with Gasteiger partial charge in [-0.25, -0.2) is 0 Å². The minimum Gasteiger partial charge on any atom is -0.377 e. The van der Waals surface area contributed by atoms with Crippen LogP contribution in [0.4, 0.5) is 11.4 Å². The van der Waals surface area contributed by atoms with Crippen LogP contribution in [0.15, 0.2) is 18.2 Å². The number of hydrogen-bond donors (Lipinski definition) is 2. The molecule has 7 heteroatoms. The molecule has 0 atom stereocenters. The van der Waals surface area contributed by atoms with Gasteiger partial charge in [0.15, 0.2) is 0 Å². The Morgan fingerprint density at radius 3 is 2.90 bits per heavy atom. The molecule has 0 aromatic heterocycles. The number of rotatable bonds is 6. The van der Waals surface area contributed by atoms with Gasteiger partial charge < -0.3 is 15.4 Å². The SMILES string of the molecule is N#Cc1ccc(NCCOC2CCNCC2)c([N+](=O)[O-])c1. The van der Waals surface area contributed by atoms with Crippen molar-refractivity contribution in [1.82, 2.24) is 5.32 Å². The van der Waals surface area contributed by atoms with Crippen LogP contribution in [-0.2, 0) is 4.74 Å². The third kappa shape index (κ3) is 4.41. The Balaban J connectivity index is 1.85. The molecule has 1 heterocycles. The summed E-state index contributed by atoms with van der Waals surface area (Å²) in [6.45, 7) is 2.94. The molecule has 1 aliphatic rings. The Morgan fingerprint density at radius 1 is 1.48 bits per heavy atom. The van der Waals surface area contributed by atoms with Crippen molar-refractivity contribution < 1.29 is 9.66 Å². The molecule has 2 rings (SSSR count). The smallest absolute Gasteiger partial charge is 0.293 e. The number of anilines is 1. The summed E-state index contributed by atoms with van der Waals surface area (Å²) in [5.74, 6) is 0. The van der Waals surface area contributed by atoms with Crippen molar-refractivity contribution >= 4 is 11.4 Å². The van der Waals surface area contributed by atoms with E-state index in [-0.39, 0.29) is 17.4 Å². The largest absolute Gasteiger partial charge is 0.377 e. The van der Waals surface area contributed by atoms with Gasteiger partial charge in [0.1, 0.15) is 5.69 Å². The lowest BCUT2D eigenvalue weighted by molar-refractivity contribution is -0.384. The van der Waals surface area contributed by atoms with Crippen LogP contribution in [0.3, 0.4) is 0 Å². The molecule has 0 bridgehead atoms. The first-order chi connectivity index (χ1) is 10.2. The summed E-state index contributed by atoms with van der Waals surface area (Å²) in [5.41, 5.74) is 0.599. The van der Waals surface area contributed by atoms with Crippen LogP contribution in [0.25, 0.3) is 0 Å². The molecule has 0 amide bonds. The summed E-state index contributed by atoms with van der Waals surface area (Å²) in [6, 6.07) is 6.29. The molecular formula is C14H18N4O3. The average molecular weight is 290 g/mol. The highest BCUT2D eigenvalue weighted by Crippen LogP contribution is 2.25. The highest BCUT2D eigenvalue weighted by atomic mass is 16.6. The highest BCUT2D eigenvalue weighted by molar-refractivity contribution is 5.63. The van der Waals surface area contributed by atoms with Crippen LogP contribution >= 0.6 is 0 Å². The van der Waals surface area contributed by atoms with Gasteiger partial charge in [0.05, 0.1) is 29.3 Å². The van der Waals surface area contributed by atoms with Crippen molar-refractivity contribution in [3.63, 3.8) is 0 Å². The number of nitrogens with zero attached hydrogens (tertiary/aromatic N) is 2. The number of ether oxygens (including phenoxy) is 1. The molecule has 7 nitrogen and oxygen atoms in total. The summed E-state index contributed by atoms with van der Waals surface area (Å²) >= 11 is 0. The fraction of sp³-hybridized carbons (Fsp3) is 0.500. The van der Waals surface area contributed by atoms with Gasteiger partial charge in [0, 0.05) is 12.6 Å². The number of benzene rings is 1. The van der Waals surface area contributed by atoms with Gasteiger partial charge in [0.25, 0.3) is 5.69 Å². The molecule has 0 radical (unpaired) electrons. The van der Waals surface area contributed by atoms with Crippen molar-refractivity contribution in [2.75, 3.05) is 31.6 Å². The fourth-order valence-electron chi connectivity index (χ4n) is 2.28. The lowest BCUT2D eigenvalue weighted by Gasteiger charge is -2.23. The van der Waals surface area contributed by atoms with E-state index in [0.717, 1.165) is 25.9 Å². The van der Waals surface area contributed by atoms with Crippen LogP contribution in [0.2, 0.25) is 0 Å². The maximum Gasteiger partial charge on any atom is 0.293 e. The molecule has 1 aromatic carbocycles. The second-order valence-corrected chi connectivity index (χ2v) is 4.85. The highest BCUT2D eigenvalue weighted by Gasteiger charge is 2.15. The molecule has 21 heavy (non-hydrogen) atoms. The van der Waals surface area contributed by atoms with Gasteiger partial charge in [-0.2, -0.15) is 5.26 Å². The number of piperidine rings is 1. The number of nitrogens with one attached hydrogen (secondary N) is 2. The van der Waals surface area contributed by atoms with E-state index in [1.54, 1.807) is 12.1 Å². The van der Waals surface area contributed by atoms with Crippen molar-refractivity contribution in [3.8, 4) is 6.07 Å².